The Morgan fingerprint density at radius 2 is 2.23 bits per heavy atom. The number of ether oxygens (including phenoxy) is 1. The number of carboxylic acids is 1. The van der Waals surface area contributed by atoms with E-state index in [1.54, 1.807) is 23.6 Å². The molecule has 2 aromatic rings. The van der Waals surface area contributed by atoms with Crippen LogP contribution in [0.25, 0.3) is 10.6 Å². The van der Waals surface area contributed by atoms with Crippen LogP contribution in [-0.2, 0) is 25.5 Å². The maximum absolute atomic E-state index is 12.4. The van der Waals surface area contributed by atoms with E-state index in [1.165, 1.54) is 18.3 Å². The van der Waals surface area contributed by atoms with Crippen molar-refractivity contribution in [3.63, 3.8) is 0 Å². The number of carbonyl (C=O) groups is 3. The molecule has 2 N–H and O–H groups in total. The van der Waals surface area contributed by atoms with Crippen molar-refractivity contribution >= 4 is 29.2 Å². The van der Waals surface area contributed by atoms with Crippen LogP contribution < -0.4 is 5.32 Å². The van der Waals surface area contributed by atoms with E-state index in [2.05, 4.69) is 10.5 Å². The van der Waals surface area contributed by atoms with Crippen molar-refractivity contribution < 1.29 is 28.8 Å². The van der Waals surface area contributed by atoms with Crippen molar-refractivity contribution in [1.82, 2.24) is 10.5 Å². The molecule has 10 heteroatoms. The van der Waals surface area contributed by atoms with Gasteiger partial charge in [0, 0.05) is 18.9 Å². The number of carbonyl (C=O) groups excluding carboxylic acids is 2. The van der Waals surface area contributed by atoms with Crippen molar-refractivity contribution in [2.45, 2.75) is 25.8 Å². The lowest BCUT2D eigenvalue weighted by molar-refractivity contribution is -0.164. The van der Waals surface area contributed by atoms with Crippen LogP contribution in [0.4, 0.5) is 0 Å². The summed E-state index contributed by atoms with van der Waals surface area (Å²) in [4.78, 5) is 36.5. The van der Waals surface area contributed by atoms with E-state index in [-0.39, 0.29) is 23.6 Å². The molecule has 1 atom stereocenters. The molecule has 0 aliphatic rings. The highest BCUT2D eigenvalue weighted by molar-refractivity contribution is 7.13. The molecule has 1 amide bonds. The molecule has 2 aromatic heterocycles. The van der Waals surface area contributed by atoms with E-state index >= 15 is 0 Å². The molecular weight excluding hydrogens is 362 g/mol. The molecule has 1 unspecified atom stereocenters. The third kappa shape index (κ3) is 3.57. The van der Waals surface area contributed by atoms with Crippen molar-refractivity contribution in [3.8, 4) is 16.7 Å². The lowest BCUT2D eigenvalue weighted by Crippen LogP contribution is -2.62. The van der Waals surface area contributed by atoms with Crippen LogP contribution >= 0.6 is 11.3 Å². The van der Waals surface area contributed by atoms with Gasteiger partial charge in [0.05, 0.1) is 11.5 Å². The summed E-state index contributed by atoms with van der Waals surface area (Å²) in [5, 5.41) is 26.5. The summed E-state index contributed by atoms with van der Waals surface area (Å²) in [6, 6.07) is 5.24. The van der Waals surface area contributed by atoms with Crippen LogP contribution in [0.1, 0.15) is 25.1 Å². The van der Waals surface area contributed by atoms with Gasteiger partial charge in [-0.15, -0.1) is 11.3 Å². The number of aliphatic carboxylic acids is 1. The van der Waals surface area contributed by atoms with E-state index in [0.717, 1.165) is 6.92 Å². The van der Waals surface area contributed by atoms with Gasteiger partial charge in [-0.3, -0.25) is 4.79 Å². The molecule has 0 aromatic carbocycles. The lowest BCUT2D eigenvalue weighted by atomic mass is 9.89. The third-order valence-corrected chi connectivity index (χ3v) is 4.33. The fraction of sp³-hybridized carbons (Fsp3) is 0.312. The molecule has 136 valence electrons. The molecular formula is C16H15N3O6S. The minimum absolute atomic E-state index is 0.0834. The summed E-state index contributed by atoms with van der Waals surface area (Å²) in [7, 11) is 0. The van der Waals surface area contributed by atoms with Crippen LogP contribution in [0.15, 0.2) is 22.0 Å². The zero-order valence-electron chi connectivity index (χ0n) is 13.9. The first-order valence-corrected chi connectivity index (χ1v) is 8.35. The molecule has 2 heterocycles. The Bertz CT molecular complexity index is 867. The Kier molecular flexibility index (Phi) is 5.74. The maximum atomic E-state index is 12.4. The first-order valence-electron chi connectivity index (χ1n) is 7.47. The highest BCUT2D eigenvalue weighted by atomic mass is 32.1. The summed E-state index contributed by atoms with van der Waals surface area (Å²) in [6.07, 6.45) is -0.555. The monoisotopic (exact) mass is 377 g/mol. The summed E-state index contributed by atoms with van der Waals surface area (Å²) in [5.74, 6) is -3.34. The van der Waals surface area contributed by atoms with Gasteiger partial charge < -0.3 is 19.7 Å². The van der Waals surface area contributed by atoms with Crippen LogP contribution in [0.3, 0.4) is 0 Å². The SMILES string of the molecule is CCOC(=O)C(Cc1c(C#N)noc1-c1cccs1)(NC(C)=O)C(=O)O. The van der Waals surface area contributed by atoms with Gasteiger partial charge in [-0.25, -0.2) is 9.59 Å². The minimum atomic E-state index is -2.41. The Morgan fingerprint density at radius 1 is 1.50 bits per heavy atom. The Hall–Kier alpha value is -3.19. The zero-order chi connectivity index (χ0) is 19.3. The number of nitriles is 1. The van der Waals surface area contributed by atoms with Gasteiger partial charge >= 0.3 is 11.9 Å². The minimum Gasteiger partial charge on any atom is -0.479 e. The first kappa shape index (κ1) is 19.1. The van der Waals surface area contributed by atoms with Gasteiger partial charge in [0.25, 0.3) is 0 Å². The van der Waals surface area contributed by atoms with Gasteiger partial charge in [0.2, 0.25) is 11.4 Å². The number of aromatic nitrogens is 1. The fourth-order valence-corrected chi connectivity index (χ4v) is 3.09. The number of carboxylic acid groups (broad SMARTS) is 1. The Balaban J connectivity index is 2.60. The second-order valence-corrected chi connectivity index (χ2v) is 6.16. The number of hydrogen-bond donors (Lipinski definition) is 2. The lowest BCUT2D eigenvalue weighted by Gasteiger charge is -2.27. The van der Waals surface area contributed by atoms with Gasteiger partial charge in [-0.05, 0) is 18.4 Å². The predicted molar refractivity (Wildman–Crippen MR) is 89.1 cm³/mol. The molecule has 0 spiro atoms. The van der Waals surface area contributed by atoms with E-state index in [4.69, 9.17) is 9.26 Å². The molecule has 0 bridgehead atoms. The number of amides is 1. The molecule has 0 saturated heterocycles. The maximum Gasteiger partial charge on any atom is 0.344 e. The molecule has 0 aliphatic heterocycles. The van der Waals surface area contributed by atoms with Gasteiger partial charge in [-0.2, -0.15) is 5.26 Å². The van der Waals surface area contributed by atoms with Crippen molar-refractivity contribution in [2.75, 3.05) is 6.61 Å². The van der Waals surface area contributed by atoms with E-state index < -0.39 is 29.8 Å². The topological polar surface area (TPSA) is 143 Å². The molecule has 0 aliphatic carbocycles. The van der Waals surface area contributed by atoms with E-state index in [1.807, 2.05) is 0 Å². The molecule has 0 saturated carbocycles. The summed E-state index contributed by atoms with van der Waals surface area (Å²) < 4.78 is 10.0. The number of nitrogens with one attached hydrogen (secondary N) is 1. The van der Waals surface area contributed by atoms with Gasteiger partial charge in [0.15, 0.2) is 11.5 Å². The fourth-order valence-electron chi connectivity index (χ4n) is 2.37. The van der Waals surface area contributed by atoms with E-state index in [0.29, 0.717) is 4.88 Å². The standard InChI is InChI=1S/C16H15N3O6S/c1-3-24-15(23)16(14(21)22,18-9(2)20)7-10-11(8-17)19-25-13(10)12-5-4-6-26-12/h4-6H,3,7H2,1-2H3,(H,18,20)(H,21,22). The van der Waals surface area contributed by atoms with Crippen LogP contribution in [0, 0.1) is 11.3 Å². The van der Waals surface area contributed by atoms with Crippen molar-refractivity contribution in [1.29, 1.82) is 5.26 Å². The second kappa shape index (κ2) is 7.79. The predicted octanol–water partition coefficient (Wildman–Crippen LogP) is 1.34. The van der Waals surface area contributed by atoms with Gasteiger partial charge in [0.1, 0.15) is 6.07 Å². The highest BCUT2D eigenvalue weighted by Gasteiger charge is 2.50. The smallest absolute Gasteiger partial charge is 0.344 e. The molecule has 9 nitrogen and oxygen atoms in total. The number of hydrogen-bond acceptors (Lipinski definition) is 8. The first-order chi connectivity index (χ1) is 12.4. The molecule has 2 rings (SSSR count). The summed E-state index contributed by atoms with van der Waals surface area (Å²) in [6.45, 7) is 2.51. The molecule has 0 fully saturated rings. The Morgan fingerprint density at radius 3 is 2.73 bits per heavy atom. The highest BCUT2D eigenvalue weighted by Crippen LogP contribution is 2.33. The number of thiophene rings is 1. The van der Waals surface area contributed by atoms with Crippen LogP contribution in [-0.4, -0.2) is 40.3 Å². The Labute approximate surface area is 152 Å². The quantitative estimate of drug-likeness (QED) is 0.543. The van der Waals surface area contributed by atoms with Crippen molar-refractivity contribution in [2.24, 2.45) is 0 Å². The normalized spacial score (nSPS) is 12.7. The zero-order valence-corrected chi connectivity index (χ0v) is 14.8. The summed E-state index contributed by atoms with van der Waals surface area (Å²) in [5.41, 5.74) is -2.49. The molecule has 0 radical (unpaired) electrons. The number of rotatable bonds is 7. The van der Waals surface area contributed by atoms with E-state index in [9.17, 15) is 24.8 Å². The average molecular weight is 377 g/mol. The second-order valence-electron chi connectivity index (χ2n) is 5.22. The van der Waals surface area contributed by atoms with Crippen LogP contribution in [0.2, 0.25) is 0 Å². The number of nitrogens with zero attached hydrogens (tertiary/aromatic N) is 2. The van der Waals surface area contributed by atoms with Crippen molar-refractivity contribution in [3.05, 3.63) is 28.8 Å². The van der Waals surface area contributed by atoms with Crippen LogP contribution in [0.5, 0.6) is 0 Å². The third-order valence-electron chi connectivity index (χ3n) is 3.46. The largest absolute Gasteiger partial charge is 0.479 e. The summed E-state index contributed by atoms with van der Waals surface area (Å²) >= 11 is 1.29. The number of esters is 1. The van der Waals surface area contributed by atoms with Gasteiger partial charge in [-0.1, -0.05) is 11.2 Å². The molecule has 26 heavy (non-hydrogen) atoms. The average Bonchev–Trinajstić information content (AvgIpc) is 3.22.